The van der Waals surface area contributed by atoms with E-state index in [2.05, 4.69) is 25.5 Å². The van der Waals surface area contributed by atoms with Gasteiger partial charge in [-0.3, -0.25) is 0 Å². The number of unbranched alkanes of at least 4 members (excludes halogenated alkanes) is 1. The second-order valence-corrected chi connectivity index (χ2v) is 10.3. The number of rotatable bonds is 12. The molecule has 0 heterocycles. The van der Waals surface area contributed by atoms with E-state index in [0.29, 0.717) is 6.42 Å². The molecule has 0 radical (unpaired) electrons. The summed E-state index contributed by atoms with van der Waals surface area (Å²) in [5.41, 5.74) is -1.32. The first kappa shape index (κ1) is 25.7. The fourth-order valence-electron chi connectivity index (χ4n) is 2.74. The van der Waals surface area contributed by atoms with E-state index in [9.17, 15) is 26.7 Å². The Labute approximate surface area is 171 Å². The van der Waals surface area contributed by atoms with Crippen molar-refractivity contribution in [2.24, 2.45) is 5.41 Å². The number of aliphatic hydroxyl groups is 1. The van der Waals surface area contributed by atoms with Gasteiger partial charge < -0.3 is 9.84 Å². The Morgan fingerprint density at radius 1 is 1.21 bits per heavy atom. The minimum atomic E-state index is -3.60. The lowest BCUT2D eigenvalue weighted by Crippen LogP contribution is -2.41. The van der Waals surface area contributed by atoms with Crippen LogP contribution in [0.1, 0.15) is 58.9 Å². The molecule has 1 rings (SSSR count). The van der Waals surface area contributed by atoms with Crippen molar-refractivity contribution in [1.82, 2.24) is 4.72 Å². The Morgan fingerprint density at radius 2 is 1.86 bits per heavy atom. The number of alkyl halides is 2. The van der Waals surface area contributed by atoms with Gasteiger partial charge in [0.05, 0.1) is 5.75 Å². The molecule has 0 saturated heterocycles. The monoisotopic (exact) mass is 439 g/mol. The topological polar surface area (TPSA) is 75.6 Å². The van der Waals surface area contributed by atoms with Crippen LogP contribution in [-0.2, 0) is 15.6 Å². The van der Waals surface area contributed by atoms with Gasteiger partial charge in [-0.05, 0) is 42.4 Å². The number of benzene rings is 1. The van der Waals surface area contributed by atoms with Gasteiger partial charge in [-0.2, -0.15) is 0 Å². The van der Waals surface area contributed by atoms with Crippen LogP contribution >= 0.6 is 0 Å². The fraction of sp³-hybridized carbons (Fsp3) is 0.700. The maximum Gasteiger partial charge on any atom is 0.272 e. The zero-order chi connectivity index (χ0) is 22.3. The van der Waals surface area contributed by atoms with E-state index < -0.39 is 40.2 Å². The second kappa shape index (κ2) is 10.6. The van der Waals surface area contributed by atoms with Crippen molar-refractivity contribution in [2.75, 3.05) is 18.9 Å². The van der Waals surface area contributed by atoms with Crippen LogP contribution in [0.2, 0.25) is 0 Å². The quantitative estimate of drug-likeness (QED) is 0.479. The van der Waals surface area contributed by atoms with Crippen molar-refractivity contribution in [3.05, 3.63) is 29.6 Å². The van der Waals surface area contributed by atoms with Crippen molar-refractivity contribution in [3.63, 3.8) is 0 Å². The maximum absolute atomic E-state index is 13.8. The predicted molar refractivity (Wildman–Crippen MR) is 107 cm³/mol. The molecule has 2 N–H and O–H groups in total. The van der Waals surface area contributed by atoms with E-state index in [-0.39, 0.29) is 29.7 Å². The summed E-state index contributed by atoms with van der Waals surface area (Å²) in [5, 5.41) is 10.9. The molecule has 0 amide bonds. The third-order valence-electron chi connectivity index (χ3n) is 4.59. The van der Waals surface area contributed by atoms with Crippen LogP contribution in [0, 0.1) is 11.2 Å². The van der Waals surface area contributed by atoms with E-state index in [4.69, 9.17) is 4.74 Å². The van der Waals surface area contributed by atoms with Gasteiger partial charge >= 0.3 is 0 Å². The fourth-order valence-corrected chi connectivity index (χ4v) is 3.92. The first-order chi connectivity index (χ1) is 13.3. The lowest BCUT2D eigenvalue weighted by molar-refractivity contribution is 0.0372. The molecule has 0 aliphatic carbocycles. The number of sulfonamides is 1. The van der Waals surface area contributed by atoms with Gasteiger partial charge in [0.1, 0.15) is 12.2 Å². The Morgan fingerprint density at radius 3 is 2.41 bits per heavy atom. The van der Waals surface area contributed by atoms with Crippen molar-refractivity contribution >= 4 is 10.0 Å². The first-order valence-corrected chi connectivity index (χ1v) is 11.3. The lowest BCUT2D eigenvalue weighted by Gasteiger charge is -2.28. The van der Waals surface area contributed by atoms with Crippen LogP contribution in [0.15, 0.2) is 18.2 Å². The molecular formula is C20H32F3NO4S. The summed E-state index contributed by atoms with van der Waals surface area (Å²) in [7, 11) is -3.60. The first-order valence-electron chi connectivity index (χ1n) is 9.69. The van der Waals surface area contributed by atoms with E-state index in [1.165, 1.54) is 6.07 Å². The van der Waals surface area contributed by atoms with Gasteiger partial charge in [-0.25, -0.2) is 26.3 Å². The molecule has 5 nitrogen and oxygen atoms in total. The zero-order valence-corrected chi connectivity index (χ0v) is 18.3. The average Bonchev–Trinajstić information content (AvgIpc) is 2.62. The summed E-state index contributed by atoms with van der Waals surface area (Å²) in [6, 6.07) is 3.41. The van der Waals surface area contributed by atoms with Gasteiger partial charge in [0.2, 0.25) is 10.0 Å². The van der Waals surface area contributed by atoms with Crippen LogP contribution < -0.4 is 9.46 Å². The van der Waals surface area contributed by atoms with Gasteiger partial charge in [0.25, 0.3) is 6.43 Å². The summed E-state index contributed by atoms with van der Waals surface area (Å²) >= 11 is 0. The number of hydrogen-bond donors (Lipinski definition) is 2. The van der Waals surface area contributed by atoms with E-state index in [1.807, 2.05) is 0 Å². The van der Waals surface area contributed by atoms with E-state index >= 15 is 0 Å². The molecule has 0 saturated carbocycles. The van der Waals surface area contributed by atoms with Crippen LogP contribution in [0.25, 0.3) is 0 Å². The molecular weight excluding hydrogens is 407 g/mol. The van der Waals surface area contributed by atoms with Crippen molar-refractivity contribution in [3.8, 4) is 5.75 Å². The molecule has 1 atom stereocenters. The maximum atomic E-state index is 13.8. The molecule has 0 spiro atoms. The summed E-state index contributed by atoms with van der Waals surface area (Å²) in [6.07, 6.45) is -0.476. The van der Waals surface area contributed by atoms with E-state index in [0.717, 1.165) is 25.0 Å². The average molecular weight is 440 g/mol. The molecule has 0 bridgehead atoms. The molecule has 0 unspecified atom stereocenters. The molecule has 1 aromatic rings. The predicted octanol–water partition coefficient (Wildman–Crippen LogP) is 4.20. The highest BCUT2D eigenvalue weighted by Gasteiger charge is 2.30. The van der Waals surface area contributed by atoms with Crippen LogP contribution in [-0.4, -0.2) is 38.9 Å². The molecule has 0 fully saturated rings. The third kappa shape index (κ3) is 9.35. The zero-order valence-electron chi connectivity index (χ0n) is 17.5. The minimum absolute atomic E-state index is 0.0605. The highest BCUT2D eigenvalue weighted by Crippen LogP contribution is 2.30. The molecule has 168 valence electrons. The van der Waals surface area contributed by atoms with Crippen molar-refractivity contribution in [1.29, 1.82) is 0 Å². The highest BCUT2D eigenvalue weighted by molar-refractivity contribution is 7.89. The lowest BCUT2D eigenvalue weighted by atomic mass is 9.90. The Hall–Kier alpha value is -1.32. The number of halogens is 3. The summed E-state index contributed by atoms with van der Waals surface area (Å²) < 4.78 is 70.1. The van der Waals surface area contributed by atoms with Crippen molar-refractivity contribution < 1.29 is 31.4 Å². The molecule has 29 heavy (non-hydrogen) atoms. The minimum Gasteiger partial charge on any atom is -0.485 e. The van der Waals surface area contributed by atoms with Crippen LogP contribution in [0.4, 0.5) is 13.2 Å². The second-order valence-electron chi connectivity index (χ2n) is 8.39. The molecule has 9 heteroatoms. The SMILES string of the molecule is CC[C@@](O)(CNS(=O)(=O)CCCCC(C)(C)C)c1ccc(F)c(OCC(F)F)c1. The Kier molecular flexibility index (Phi) is 9.43. The Bertz CT molecular complexity index is 751. The van der Waals surface area contributed by atoms with Gasteiger partial charge in [0, 0.05) is 6.54 Å². The Balaban J connectivity index is 2.78. The van der Waals surface area contributed by atoms with Crippen LogP contribution in [0.5, 0.6) is 5.75 Å². The standard InChI is InChI=1S/C20H32F3NO4S/c1-5-20(25,14-24-29(26,27)11-7-6-10-19(2,3)4)15-8-9-16(21)17(12-15)28-13-18(22)23/h8-9,12,18,24-25H,5-7,10-11,13-14H2,1-4H3/t20-/m1/s1. The normalized spacial score (nSPS) is 14.8. The summed E-state index contributed by atoms with van der Waals surface area (Å²) in [4.78, 5) is 0. The third-order valence-corrected chi connectivity index (χ3v) is 6.00. The highest BCUT2D eigenvalue weighted by atomic mass is 32.2. The molecule has 0 aromatic heterocycles. The van der Waals surface area contributed by atoms with Gasteiger partial charge in [-0.15, -0.1) is 0 Å². The molecule has 0 aliphatic rings. The van der Waals surface area contributed by atoms with E-state index in [1.54, 1.807) is 6.92 Å². The molecule has 0 aliphatic heterocycles. The van der Waals surface area contributed by atoms with Crippen molar-refractivity contribution in [2.45, 2.75) is 65.4 Å². The van der Waals surface area contributed by atoms with Gasteiger partial charge in [-0.1, -0.05) is 40.2 Å². The van der Waals surface area contributed by atoms with Crippen LogP contribution in [0.3, 0.4) is 0 Å². The number of ether oxygens (including phenoxy) is 1. The van der Waals surface area contributed by atoms with Gasteiger partial charge in [0.15, 0.2) is 11.6 Å². The summed E-state index contributed by atoms with van der Waals surface area (Å²) in [6.45, 7) is 6.60. The summed E-state index contributed by atoms with van der Waals surface area (Å²) in [5.74, 6) is -1.32. The largest absolute Gasteiger partial charge is 0.485 e. The molecule has 1 aromatic carbocycles. The number of nitrogens with one attached hydrogen (secondary N) is 1. The smallest absolute Gasteiger partial charge is 0.272 e. The number of hydrogen-bond acceptors (Lipinski definition) is 4.